The van der Waals surface area contributed by atoms with Gasteiger partial charge >= 0.3 is 0 Å². The first-order valence-corrected chi connectivity index (χ1v) is 12.2. The normalized spacial score (nSPS) is 20.9. The summed E-state index contributed by atoms with van der Waals surface area (Å²) in [6, 6.07) is 12.6. The van der Waals surface area contributed by atoms with Crippen molar-refractivity contribution in [3.8, 4) is 11.5 Å². The maximum atomic E-state index is 13.1. The Morgan fingerprint density at radius 2 is 1.62 bits per heavy atom. The van der Waals surface area contributed by atoms with E-state index in [9.17, 15) is 4.79 Å². The molecule has 1 unspecified atom stereocenters. The topological polar surface area (TPSA) is 57.6 Å². The highest BCUT2D eigenvalue weighted by atomic mass is 16.5. The average molecular weight is 463 g/mol. The first kappa shape index (κ1) is 22.7. The van der Waals surface area contributed by atoms with Gasteiger partial charge in [-0.2, -0.15) is 5.10 Å². The number of anilines is 1. The summed E-state index contributed by atoms with van der Waals surface area (Å²) in [6.45, 7) is 6.26. The van der Waals surface area contributed by atoms with E-state index in [0.717, 1.165) is 61.4 Å². The lowest BCUT2D eigenvalue weighted by molar-refractivity contribution is -0.134. The van der Waals surface area contributed by atoms with Gasteiger partial charge in [-0.15, -0.1) is 0 Å². The van der Waals surface area contributed by atoms with E-state index in [1.165, 1.54) is 5.69 Å². The minimum atomic E-state index is -0.0351. The third-order valence-electron chi connectivity index (χ3n) is 7.17. The van der Waals surface area contributed by atoms with Gasteiger partial charge in [0.05, 0.1) is 26.0 Å². The molecule has 5 rings (SSSR count). The van der Waals surface area contributed by atoms with Crippen molar-refractivity contribution >= 4 is 17.3 Å². The van der Waals surface area contributed by atoms with Gasteiger partial charge < -0.3 is 19.3 Å². The molecule has 0 radical (unpaired) electrons. The second-order valence-corrected chi connectivity index (χ2v) is 9.66. The Bertz CT molecular complexity index is 1090. The lowest BCUT2D eigenvalue weighted by atomic mass is 9.94. The summed E-state index contributed by atoms with van der Waals surface area (Å²) in [5.74, 6) is 1.60. The van der Waals surface area contributed by atoms with Crippen LogP contribution in [0.25, 0.3) is 0 Å². The van der Waals surface area contributed by atoms with Crippen LogP contribution in [0.2, 0.25) is 0 Å². The molecule has 1 saturated heterocycles. The van der Waals surface area contributed by atoms with Crippen molar-refractivity contribution in [3.05, 3.63) is 53.1 Å². The molecule has 1 aliphatic carbocycles. The summed E-state index contributed by atoms with van der Waals surface area (Å²) in [4.78, 5) is 17.9. The highest BCUT2D eigenvalue weighted by molar-refractivity contribution is 6.14. The zero-order valence-electron chi connectivity index (χ0n) is 20.6. The van der Waals surface area contributed by atoms with Gasteiger partial charge in [0.1, 0.15) is 0 Å². The molecule has 2 fully saturated rings. The largest absolute Gasteiger partial charge is 0.493 e. The predicted molar refractivity (Wildman–Crippen MR) is 134 cm³/mol. The maximum Gasteiger partial charge on any atom is 0.246 e. The number of fused-ring (bicyclic) bond motifs is 1. The SMILES string of the molecule is COc1cc2c(cc1OC)C(c1ccc(N3CCN(C)CC3)cc1)=NN(C(=O)C1CC1)C(C)C2. The summed E-state index contributed by atoms with van der Waals surface area (Å²) in [5, 5.41) is 6.72. The first-order valence-electron chi connectivity index (χ1n) is 12.2. The second kappa shape index (κ2) is 9.29. The van der Waals surface area contributed by atoms with E-state index in [1.807, 2.05) is 12.1 Å². The summed E-state index contributed by atoms with van der Waals surface area (Å²) in [5.41, 5.74) is 5.12. The van der Waals surface area contributed by atoms with Crippen molar-refractivity contribution in [1.29, 1.82) is 0 Å². The smallest absolute Gasteiger partial charge is 0.246 e. The molecule has 1 saturated carbocycles. The Kier molecular flexibility index (Phi) is 6.21. The Labute approximate surface area is 201 Å². The molecule has 2 aromatic carbocycles. The molecule has 7 heteroatoms. The third-order valence-corrected chi connectivity index (χ3v) is 7.17. The molecular formula is C27H34N4O3. The molecule has 0 spiro atoms. The van der Waals surface area contributed by atoms with Crippen LogP contribution in [0.1, 0.15) is 36.5 Å². The van der Waals surface area contributed by atoms with E-state index in [4.69, 9.17) is 14.6 Å². The number of hydrogen-bond donors (Lipinski definition) is 0. The highest BCUT2D eigenvalue weighted by Crippen LogP contribution is 2.37. The molecule has 180 valence electrons. The maximum absolute atomic E-state index is 13.1. The highest BCUT2D eigenvalue weighted by Gasteiger charge is 2.37. The fourth-order valence-corrected chi connectivity index (χ4v) is 4.87. The van der Waals surface area contributed by atoms with Gasteiger partial charge in [0.25, 0.3) is 0 Å². The lowest BCUT2D eigenvalue weighted by Crippen LogP contribution is -2.44. The van der Waals surface area contributed by atoms with Crippen molar-refractivity contribution < 1.29 is 14.3 Å². The molecule has 0 N–H and O–H groups in total. The molecule has 2 heterocycles. The summed E-state index contributed by atoms with van der Waals surface area (Å²) in [7, 11) is 5.47. The number of ether oxygens (including phenoxy) is 2. The van der Waals surface area contributed by atoms with E-state index in [1.54, 1.807) is 19.2 Å². The van der Waals surface area contributed by atoms with Crippen molar-refractivity contribution in [2.45, 2.75) is 32.2 Å². The molecule has 2 aliphatic heterocycles. The lowest BCUT2D eigenvalue weighted by Gasteiger charge is -2.34. The number of piperazine rings is 1. The van der Waals surface area contributed by atoms with Crippen LogP contribution in [0.3, 0.4) is 0 Å². The fraction of sp³-hybridized carbons (Fsp3) is 0.481. The number of carbonyl (C=O) groups excluding carboxylic acids is 1. The molecule has 3 aliphatic rings. The Morgan fingerprint density at radius 1 is 0.971 bits per heavy atom. The second-order valence-electron chi connectivity index (χ2n) is 9.66. The standard InChI is InChI=1S/C27H34N4O3/c1-18-15-21-16-24(33-3)25(34-4)17-23(21)26(28-31(18)27(32)20-5-6-20)19-7-9-22(10-8-19)30-13-11-29(2)12-14-30/h7-10,16-18,20H,5-6,11-15H2,1-4H3. The summed E-state index contributed by atoms with van der Waals surface area (Å²) in [6.07, 6.45) is 2.63. The molecule has 2 aromatic rings. The Balaban J connectivity index is 1.56. The molecular weight excluding hydrogens is 428 g/mol. The number of amides is 1. The van der Waals surface area contributed by atoms with E-state index in [2.05, 4.69) is 48.0 Å². The van der Waals surface area contributed by atoms with Crippen LogP contribution in [0.15, 0.2) is 41.5 Å². The van der Waals surface area contributed by atoms with Crippen LogP contribution in [-0.2, 0) is 11.2 Å². The quantitative estimate of drug-likeness (QED) is 0.682. The minimum absolute atomic E-state index is 0.0351. The van der Waals surface area contributed by atoms with Gasteiger partial charge in [-0.1, -0.05) is 12.1 Å². The van der Waals surface area contributed by atoms with Gasteiger partial charge in [0.2, 0.25) is 5.91 Å². The minimum Gasteiger partial charge on any atom is -0.493 e. The number of hydrogen-bond acceptors (Lipinski definition) is 6. The van der Waals surface area contributed by atoms with Crippen LogP contribution >= 0.6 is 0 Å². The van der Waals surface area contributed by atoms with E-state index in [0.29, 0.717) is 17.9 Å². The molecule has 7 nitrogen and oxygen atoms in total. The van der Waals surface area contributed by atoms with Crippen LogP contribution in [0.5, 0.6) is 11.5 Å². The van der Waals surface area contributed by atoms with Gasteiger partial charge in [-0.25, -0.2) is 5.01 Å². The molecule has 1 atom stereocenters. The van der Waals surface area contributed by atoms with Crippen molar-refractivity contribution in [1.82, 2.24) is 9.91 Å². The van der Waals surface area contributed by atoms with Gasteiger partial charge in [0.15, 0.2) is 11.5 Å². The van der Waals surface area contributed by atoms with E-state index < -0.39 is 0 Å². The fourth-order valence-electron chi connectivity index (χ4n) is 4.87. The van der Waals surface area contributed by atoms with E-state index in [-0.39, 0.29) is 17.9 Å². The zero-order chi connectivity index (χ0) is 23.8. The Hall–Kier alpha value is -3.06. The van der Waals surface area contributed by atoms with Crippen molar-refractivity contribution in [3.63, 3.8) is 0 Å². The zero-order valence-corrected chi connectivity index (χ0v) is 20.6. The monoisotopic (exact) mass is 462 g/mol. The molecule has 0 bridgehead atoms. The number of methoxy groups -OCH3 is 2. The summed E-state index contributed by atoms with van der Waals surface area (Å²) < 4.78 is 11.2. The Morgan fingerprint density at radius 3 is 2.24 bits per heavy atom. The average Bonchev–Trinajstić information content (AvgIpc) is 3.71. The predicted octanol–water partition coefficient (Wildman–Crippen LogP) is 3.39. The number of nitrogens with zero attached hydrogens (tertiary/aromatic N) is 4. The van der Waals surface area contributed by atoms with Gasteiger partial charge in [-0.3, -0.25) is 4.79 Å². The van der Waals surface area contributed by atoms with Crippen LogP contribution in [0, 0.1) is 5.92 Å². The summed E-state index contributed by atoms with van der Waals surface area (Å²) >= 11 is 0. The molecule has 1 amide bonds. The first-order chi connectivity index (χ1) is 16.5. The van der Waals surface area contributed by atoms with Crippen LogP contribution in [0.4, 0.5) is 5.69 Å². The van der Waals surface area contributed by atoms with E-state index >= 15 is 0 Å². The van der Waals surface area contributed by atoms with Gasteiger partial charge in [-0.05, 0) is 63.1 Å². The van der Waals surface area contributed by atoms with Crippen molar-refractivity contribution in [2.24, 2.45) is 11.0 Å². The number of carbonyl (C=O) groups is 1. The number of hydrazone groups is 1. The number of benzene rings is 2. The third kappa shape index (κ3) is 4.37. The number of likely N-dealkylation sites (N-methyl/N-ethyl adjacent to an activating group) is 1. The number of rotatable bonds is 5. The van der Waals surface area contributed by atoms with Gasteiger partial charge in [0, 0.05) is 48.9 Å². The van der Waals surface area contributed by atoms with Crippen molar-refractivity contribution in [2.75, 3.05) is 52.3 Å². The molecule has 34 heavy (non-hydrogen) atoms. The van der Waals surface area contributed by atoms with Crippen LogP contribution < -0.4 is 14.4 Å². The van der Waals surface area contributed by atoms with Crippen LogP contribution in [-0.4, -0.2) is 75.0 Å². The molecule has 0 aromatic heterocycles.